The summed E-state index contributed by atoms with van der Waals surface area (Å²) in [5, 5.41) is 6.76. The summed E-state index contributed by atoms with van der Waals surface area (Å²) in [6.45, 7) is 0.405. The maximum atomic E-state index is 10.8. The van der Waals surface area contributed by atoms with Crippen LogP contribution in [0.25, 0.3) is 0 Å². The first-order valence-corrected chi connectivity index (χ1v) is 4.57. The molecule has 1 aromatic heterocycles. The Hall–Kier alpha value is -0.880. The van der Waals surface area contributed by atoms with Gasteiger partial charge in [0.2, 0.25) is 5.91 Å². The Morgan fingerprint density at radius 1 is 1.85 bits per heavy atom. The van der Waals surface area contributed by atoms with Crippen molar-refractivity contribution in [3.63, 3.8) is 0 Å². The summed E-state index contributed by atoms with van der Waals surface area (Å²) in [6.07, 6.45) is 1.82. The van der Waals surface area contributed by atoms with E-state index in [1.807, 2.05) is 13.2 Å². The van der Waals surface area contributed by atoms with E-state index in [9.17, 15) is 4.79 Å². The molecule has 0 fully saturated rings. The van der Waals surface area contributed by atoms with E-state index in [2.05, 4.69) is 26.3 Å². The summed E-state index contributed by atoms with van der Waals surface area (Å²) in [7, 11) is 1.82. The van der Waals surface area contributed by atoms with Gasteiger partial charge in [-0.15, -0.1) is 0 Å². The monoisotopic (exact) mass is 246 g/mol. The van der Waals surface area contributed by atoms with Gasteiger partial charge in [-0.2, -0.15) is 5.10 Å². The molecule has 5 nitrogen and oxygen atoms in total. The number of amides is 1. The van der Waals surface area contributed by atoms with Crippen molar-refractivity contribution in [2.45, 2.75) is 6.54 Å². The number of nitrogens with one attached hydrogen (secondary N) is 1. The topological polar surface area (TPSA) is 72.9 Å². The Balaban J connectivity index is 2.54. The first-order chi connectivity index (χ1) is 6.13. The Kier molecular flexibility index (Phi) is 3.44. The SMILES string of the molecule is Cn1cc(Br)c(CNC(=O)CN)n1. The average molecular weight is 247 g/mol. The van der Waals surface area contributed by atoms with Gasteiger partial charge in [0.05, 0.1) is 23.3 Å². The van der Waals surface area contributed by atoms with E-state index < -0.39 is 0 Å². The smallest absolute Gasteiger partial charge is 0.234 e. The van der Waals surface area contributed by atoms with Crippen LogP contribution in [0.15, 0.2) is 10.7 Å². The van der Waals surface area contributed by atoms with E-state index in [4.69, 9.17) is 5.73 Å². The average Bonchev–Trinajstić information content (AvgIpc) is 2.41. The molecule has 0 bridgehead atoms. The molecule has 0 saturated carbocycles. The predicted molar refractivity (Wildman–Crippen MR) is 51.8 cm³/mol. The van der Waals surface area contributed by atoms with Gasteiger partial charge >= 0.3 is 0 Å². The van der Waals surface area contributed by atoms with Crippen LogP contribution >= 0.6 is 15.9 Å². The summed E-state index contributed by atoms with van der Waals surface area (Å²) in [6, 6.07) is 0. The normalized spacial score (nSPS) is 10.1. The van der Waals surface area contributed by atoms with Gasteiger partial charge in [0.25, 0.3) is 0 Å². The van der Waals surface area contributed by atoms with Gasteiger partial charge in [-0.05, 0) is 15.9 Å². The molecule has 0 aliphatic carbocycles. The van der Waals surface area contributed by atoms with Crippen molar-refractivity contribution in [1.82, 2.24) is 15.1 Å². The van der Waals surface area contributed by atoms with Crippen LogP contribution in [0.4, 0.5) is 0 Å². The van der Waals surface area contributed by atoms with Gasteiger partial charge in [0.1, 0.15) is 0 Å². The van der Waals surface area contributed by atoms with Crippen molar-refractivity contribution < 1.29 is 4.79 Å². The quantitative estimate of drug-likeness (QED) is 0.774. The van der Waals surface area contributed by atoms with Crippen LogP contribution in [0.5, 0.6) is 0 Å². The predicted octanol–water partition coefficient (Wildman–Crippen LogP) is -0.243. The molecule has 0 saturated heterocycles. The minimum Gasteiger partial charge on any atom is -0.349 e. The number of hydrogen-bond donors (Lipinski definition) is 2. The fourth-order valence-electron chi connectivity index (χ4n) is 0.880. The largest absolute Gasteiger partial charge is 0.349 e. The highest BCUT2D eigenvalue weighted by atomic mass is 79.9. The van der Waals surface area contributed by atoms with Gasteiger partial charge in [0, 0.05) is 13.2 Å². The molecule has 1 rings (SSSR count). The van der Waals surface area contributed by atoms with Crippen LogP contribution in [0.3, 0.4) is 0 Å². The second-order valence-electron chi connectivity index (χ2n) is 2.58. The van der Waals surface area contributed by atoms with Crippen molar-refractivity contribution >= 4 is 21.8 Å². The number of carbonyl (C=O) groups excluding carboxylic acids is 1. The zero-order chi connectivity index (χ0) is 9.84. The Morgan fingerprint density at radius 2 is 2.54 bits per heavy atom. The number of nitrogens with zero attached hydrogens (tertiary/aromatic N) is 2. The molecule has 0 atom stereocenters. The summed E-state index contributed by atoms with van der Waals surface area (Å²) in [4.78, 5) is 10.8. The molecule has 72 valence electrons. The van der Waals surface area contributed by atoms with Gasteiger partial charge in [0.15, 0.2) is 0 Å². The lowest BCUT2D eigenvalue weighted by molar-refractivity contribution is -0.119. The molecule has 6 heteroatoms. The van der Waals surface area contributed by atoms with E-state index in [0.717, 1.165) is 10.2 Å². The molecular weight excluding hydrogens is 236 g/mol. The lowest BCUT2D eigenvalue weighted by Gasteiger charge is -1.99. The summed E-state index contributed by atoms with van der Waals surface area (Å²) in [5.74, 6) is -0.183. The van der Waals surface area contributed by atoms with E-state index in [1.54, 1.807) is 4.68 Å². The van der Waals surface area contributed by atoms with Crippen LogP contribution in [-0.2, 0) is 18.4 Å². The van der Waals surface area contributed by atoms with Gasteiger partial charge in [-0.25, -0.2) is 0 Å². The van der Waals surface area contributed by atoms with E-state index in [0.29, 0.717) is 6.54 Å². The lowest BCUT2D eigenvalue weighted by atomic mass is 10.4. The molecule has 0 aliphatic rings. The number of aromatic nitrogens is 2. The summed E-state index contributed by atoms with van der Waals surface area (Å²) < 4.78 is 2.56. The number of aryl methyl sites for hydroxylation is 1. The maximum absolute atomic E-state index is 10.8. The molecule has 0 radical (unpaired) electrons. The second kappa shape index (κ2) is 4.38. The van der Waals surface area contributed by atoms with Crippen LogP contribution in [0.1, 0.15) is 5.69 Å². The zero-order valence-electron chi connectivity index (χ0n) is 7.25. The minimum atomic E-state index is -0.183. The Bertz CT molecular complexity index is 309. The molecule has 1 heterocycles. The fraction of sp³-hybridized carbons (Fsp3) is 0.429. The van der Waals surface area contributed by atoms with Gasteiger partial charge < -0.3 is 11.1 Å². The standard InChI is InChI=1S/C7H11BrN4O/c1-12-4-5(8)6(11-12)3-10-7(13)2-9/h4H,2-3,9H2,1H3,(H,10,13). The van der Waals surface area contributed by atoms with E-state index in [1.165, 1.54) is 0 Å². The first-order valence-electron chi connectivity index (χ1n) is 3.78. The molecule has 13 heavy (non-hydrogen) atoms. The summed E-state index contributed by atoms with van der Waals surface area (Å²) >= 11 is 3.32. The first kappa shape index (κ1) is 10.2. The third-order valence-electron chi connectivity index (χ3n) is 1.49. The van der Waals surface area contributed by atoms with Crippen molar-refractivity contribution in [2.24, 2.45) is 12.8 Å². The highest BCUT2D eigenvalue weighted by molar-refractivity contribution is 9.10. The highest BCUT2D eigenvalue weighted by Crippen LogP contribution is 2.13. The molecule has 1 amide bonds. The molecule has 0 aliphatic heterocycles. The van der Waals surface area contributed by atoms with E-state index in [-0.39, 0.29) is 12.5 Å². The molecule has 3 N–H and O–H groups in total. The lowest BCUT2D eigenvalue weighted by Crippen LogP contribution is -2.29. The van der Waals surface area contributed by atoms with Crippen molar-refractivity contribution in [2.75, 3.05) is 6.54 Å². The molecule has 0 aromatic carbocycles. The van der Waals surface area contributed by atoms with Gasteiger partial charge in [-0.1, -0.05) is 0 Å². The van der Waals surface area contributed by atoms with Crippen LogP contribution in [0.2, 0.25) is 0 Å². The number of rotatable bonds is 3. The van der Waals surface area contributed by atoms with Crippen LogP contribution in [-0.4, -0.2) is 22.2 Å². The highest BCUT2D eigenvalue weighted by Gasteiger charge is 2.05. The van der Waals surface area contributed by atoms with Crippen molar-refractivity contribution in [3.8, 4) is 0 Å². The summed E-state index contributed by atoms with van der Waals surface area (Å²) in [5.41, 5.74) is 5.93. The molecule has 0 unspecified atom stereocenters. The maximum Gasteiger partial charge on any atom is 0.234 e. The van der Waals surface area contributed by atoms with Crippen LogP contribution < -0.4 is 11.1 Å². The van der Waals surface area contributed by atoms with Crippen molar-refractivity contribution in [1.29, 1.82) is 0 Å². The van der Waals surface area contributed by atoms with Crippen LogP contribution in [0, 0.1) is 0 Å². The third kappa shape index (κ3) is 2.82. The van der Waals surface area contributed by atoms with Crippen molar-refractivity contribution in [3.05, 3.63) is 16.4 Å². The fourth-order valence-corrected chi connectivity index (χ4v) is 1.40. The Morgan fingerprint density at radius 3 is 3.00 bits per heavy atom. The zero-order valence-corrected chi connectivity index (χ0v) is 8.84. The van der Waals surface area contributed by atoms with E-state index >= 15 is 0 Å². The minimum absolute atomic E-state index is 0.00442. The number of carbonyl (C=O) groups is 1. The number of halogens is 1. The van der Waals surface area contributed by atoms with Gasteiger partial charge in [-0.3, -0.25) is 9.48 Å². The Labute approximate surface area is 84.4 Å². The molecule has 1 aromatic rings. The number of hydrogen-bond acceptors (Lipinski definition) is 3. The second-order valence-corrected chi connectivity index (χ2v) is 3.43. The number of nitrogens with two attached hydrogens (primary N) is 1. The molecular formula is C7H11BrN4O. The third-order valence-corrected chi connectivity index (χ3v) is 2.16. The molecule has 0 spiro atoms.